The number of nitrogens with one attached hydrogen (secondary N) is 1. The first-order valence-electron chi connectivity index (χ1n) is 11.8. The van der Waals surface area contributed by atoms with Gasteiger partial charge >= 0.3 is 0 Å². The van der Waals surface area contributed by atoms with Gasteiger partial charge in [-0.3, -0.25) is 0 Å². The van der Waals surface area contributed by atoms with Gasteiger partial charge in [-0.05, 0) is 35.4 Å². The summed E-state index contributed by atoms with van der Waals surface area (Å²) < 4.78 is 6.50. The lowest BCUT2D eigenvalue weighted by atomic mass is 9.78. The molecule has 2 N–H and O–H groups in total. The summed E-state index contributed by atoms with van der Waals surface area (Å²) >= 11 is 1.57. The van der Waals surface area contributed by atoms with Crippen LogP contribution in [0.25, 0.3) is 11.3 Å². The molecule has 1 aliphatic rings. The second-order valence-corrected chi connectivity index (χ2v) is 11.8. The lowest BCUT2D eigenvalue weighted by molar-refractivity contribution is 0.224. The van der Waals surface area contributed by atoms with Gasteiger partial charge in [-0.25, -0.2) is 0 Å². The van der Waals surface area contributed by atoms with Gasteiger partial charge in [0.05, 0.1) is 0 Å². The predicted octanol–water partition coefficient (Wildman–Crippen LogP) is 6.84. The molecule has 0 fully saturated rings. The van der Waals surface area contributed by atoms with Crippen molar-refractivity contribution >= 4 is 17.4 Å². The summed E-state index contributed by atoms with van der Waals surface area (Å²) in [6.07, 6.45) is 0.517. The Morgan fingerprint density at radius 1 is 1.00 bits per heavy atom. The third-order valence-electron chi connectivity index (χ3n) is 5.82. The van der Waals surface area contributed by atoms with Gasteiger partial charge in [0.2, 0.25) is 11.0 Å². The second kappa shape index (κ2) is 9.10. The van der Waals surface area contributed by atoms with Crippen LogP contribution < -0.4 is 10.1 Å². The van der Waals surface area contributed by atoms with Gasteiger partial charge in [-0.1, -0.05) is 78.4 Å². The molecule has 1 aliphatic heterocycles. The van der Waals surface area contributed by atoms with Crippen molar-refractivity contribution in [1.82, 2.24) is 15.2 Å². The van der Waals surface area contributed by atoms with Gasteiger partial charge in [0.25, 0.3) is 0 Å². The molecule has 4 rings (SSSR count). The lowest BCUT2D eigenvalue weighted by Crippen LogP contribution is -2.22. The standard InChI is InChI=1S/C27H34N4O2S/c1-8-13-34-25-29-24-21(30-31-25)17-11-9-10-12-20(17)28-23(33-24)16-14-18(26(2,3)4)22(32)19(15-16)27(5,6)7/h9-12,14-15,23,28,32H,8,13H2,1-7H3/t23-/m0/s1. The Balaban J connectivity index is 1.88. The van der Waals surface area contributed by atoms with E-state index in [9.17, 15) is 5.11 Å². The van der Waals surface area contributed by atoms with E-state index < -0.39 is 6.23 Å². The molecule has 0 unspecified atom stereocenters. The van der Waals surface area contributed by atoms with Gasteiger partial charge in [-0.2, -0.15) is 4.98 Å². The van der Waals surface area contributed by atoms with Gasteiger partial charge in [0.15, 0.2) is 11.9 Å². The van der Waals surface area contributed by atoms with E-state index in [1.807, 2.05) is 36.4 Å². The van der Waals surface area contributed by atoms with Crippen LogP contribution in [0.2, 0.25) is 0 Å². The SMILES string of the molecule is CCCSc1nnc2c(n1)O[C@@H](c1cc(C(C)(C)C)c(O)c(C(C)(C)C)c1)Nc1ccccc1-2. The smallest absolute Gasteiger partial charge is 0.247 e. The maximum Gasteiger partial charge on any atom is 0.247 e. The van der Waals surface area contributed by atoms with E-state index >= 15 is 0 Å². The average molecular weight is 479 g/mol. The highest BCUT2D eigenvalue weighted by atomic mass is 32.2. The maximum absolute atomic E-state index is 11.2. The number of phenolic OH excluding ortho intramolecular Hbond substituents is 1. The third kappa shape index (κ3) is 4.85. The molecule has 0 saturated carbocycles. The Kier molecular flexibility index (Phi) is 6.51. The van der Waals surface area contributed by atoms with Crippen LogP contribution in [-0.4, -0.2) is 26.0 Å². The fourth-order valence-corrected chi connectivity index (χ4v) is 4.64. The number of anilines is 1. The molecule has 0 radical (unpaired) electrons. The Bertz CT molecular complexity index is 1160. The molecule has 2 heterocycles. The van der Waals surface area contributed by atoms with Crippen LogP contribution in [0.4, 0.5) is 5.69 Å². The summed E-state index contributed by atoms with van der Waals surface area (Å²) in [5.41, 5.74) is 4.64. The summed E-state index contributed by atoms with van der Waals surface area (Å²) in [5, 5.41) is 24.2. The highest BCUT2D eigenvalue weighted by molar-refractivity contribution is 7.99. The minimum absolute atomic E-state index is 0.242. The van der Waals surface area contributed by atoms with Crippen LogP contribution in [-0.2, 0) is 10.8 Å². The number of aromatic hydroxyl groups is 1. The Morgan fingerprint density at radius 3 is 2.26 bits per heavy atom. The molecule has 2 aromatic carbocycles. The lowest BCUT2D eigenvalue weighted by Gasteiger charge is -2.30. The number of para-hydroxylation sites is 1. The molecular formula is C27H34N4O2S. The average Bonchev–Trinajstić information content (AvgIpc) is 2.92. The van der Waals surface area contributed by atoms with E-state index in [2.05, 4.69) is 64.0 Å². The van der Waals surface area contributed by atoms with Crippen molar-refractivity contribution in [2.24, 2.45) is 0 Å². The molecule has 0 bridgehead atoms. The van der Waals surface area contributed by atoms with E-state index in [0.717, 1.165) is 40.1 Å². The molecule has 0 saturated heterocycles. The van der Waals surface area contributed by atoms with Crippen molar-refractivity contribution in [3.63, 3.8) is 0 Å². The number of rotatable bonds is 4. The topological polar surface area (TPSA) is 80.2 Å². The number of phenols is 1. The zero-order valence-electron chi connectivity index (χ0n) is 21.1. The number of nitrogens with zero attached hydrogens (tertiary/aromatic N) is 3. The largest absolute Gasteiger partial charge is 0.507 e. The van der Waals surface area contributed by atoms with Crippen molar-refractivity contribution in [2.75, 3.05) is 11.1 Å². The summed E-state index contributed by atoms with van der Waals surface area (Å²) in [4.78, 5) is 4.72. The van der Waals surface area contributed by atoms with Crippen molar-refractivity contribution in [2.45, 2.75) is 77.1 Å². The van der Waals surface area contributed by atoms with E-state index in [-0.39, 0.29) is 10.8 Å². The number of hydrogen-bond donors (Lipinski definition) is 2. The molecule has 0 aliphatic carbocycles. The first kappa shape index (κ1) is 24.3. The van der Waals surface area contributed by atoms with Gasteiger partial charge < -0.3 is 15.2 Å². The minimum Gasteiger partial charge on any atom is -0.507 e. The molecule has 0 amide bonds. The van der Waals surface area contributed by atoms with Crippen LogP contribution in [0.5, 0.6) is 11.6 Å². The molecule has 34 heavy (non-hydrogen) atoms. The number of ether oxygens (including phenoxy) is 1. The molecule has 0 spiro atoms. The van der Waals surface area contributed by atoms with Gasteiger partial charge in [0.1, 0.15) is 5.75 Å². The Morgan fingerprint density at radius 2 is 1.65 bits per heavy atom. The van der Waals surface area contributed by atoms with E-state index in [0.29, 0.717) is 22.5 Å². The summed E-state index contributed by atoms with van der Waals surface area (Å²) in [6.45, 7) is 14.8. The van der Waals surface area contributed by atoms with E-state index in [1.54, 1.807) is 11.8 Å². The van der Waals surface area contributed by atoms with Crippen molar-refractivity contribution in [3.05, 3.63) is 53.1 Å². The number of hydrogen-bond acceptors (Lipinski definition) is 7. The summed E-state index contributed by atoms with van der Waals surface area (Å²) in [7, 11) is 0. The zero-order valence-corrected chi connectivity index (χ0v) is 21.9. The van der Waals surface area contributed by atoms with Crippen LogP contribution in [0.15, 0.2) is 41.6 Å². The Labute approximate surface area is 206 Å². The quantitative estimate of drug-likeness (QED) is 0.397. The predicted molar refractivity (Wildman–Crippen MR) is 139 cm³/mol. The van der Waals surface area contributed by atoms with Gasteiger partial charge in [-0.15, -0.1) is 10.2 Å². The van der Waals surface area contributed by atoms with Crippen molar-refractivity contribution < 1.29 is 9.84 Å². The molecule has 1 aromatic heterocycles. The molecule has 3 aromatic rings. The summed E-state index contributed by atoms with van der Waals surface area (Å²) in [5.74, 6) is 1.72. The third-order valence-corrected chi connectivity index (χ3v) is 6.86. The molecule has 6 nitrogen and oxygen atoms in total. The number of aromatic nitrogens is 3. The first-order chi connectivity index (χ1) is 16.0. The second-order valence-electron chi connectivity index (χ2n) is 10.7. The fourth-order valence-electron chi connectivity index (χ4n) is 4.00. The summed E-state index contributed by atoms with van der Waals surface area (Å²) in [6, 6.07) is 12.0. The molecule has 1 atom stereocenters. The van der Waals surface area contributed by atoms with Crippen LogP contribution in [0.3, 0.4) is 0 Å². The van der Waals surface area contributed by atoms with Crippen molar-refractivity contribution in [1.29, 1.82) is 0 Å². The molecule has 180 valence electrons. The van der Waals surface area contributed by atoms with E-state index in [1.165, 1.54) is 0 Å². The van der Waals surface area contributed by atoms with E-state index in [4.69, 9.17) is 9.72 Å². The molecule has 7 heteroatoms. The minimum atomic E-state index is -0.508. The molecular weight excluding hydrogens is 444 g/mol. The van der Waals surface area contributed by atoms with Crippen LogP contribution in [0.1, 0.15) is 77.8 Å². The first-order valence-corrected chi connectivity index (χ1v) is 12.8. The number of fused-ring (bicyclic) bond motifs is 3. The highest BCUT2D eigenvalue weighted by Gasteiger charge is 2.31. The fraction of sp³-hybridized carbons (Fsp3) is 0.444. The monoisotopic (exact) mass is 478 g/mol. The Hall–Kier alpha value is -2.80. The van der Waals surface area contributed by atoms with Crippen LogP contribution in [0, 0.1) is 0 Å². The highest BCUT2D eigenvalue weighted by Crippen LogP contribution is 2.44. The van der Waals surface area contributed by atoms with Crippen molar-refractivity contribution in [3.8, 4) is 22.9 Å². The number of benzene rings is 2. The zero-order chi connectivity index (χ0) is 24.7. The van der Waals surface area contributed by atoms with Gasteiger partial charge in [0, 0.05) is 33.7 Å². The van der Waals surface area contributed by atoms with Crippen LogP contribution >= 0.6 is 11.8 Å². The normalized spacial score (nSPS) is 15.6. The number of thioether (sulfide) groups is 1. The maximum atomic E-state index is 11.2.